The minimum absolute atomic E-state index is 0.0872. The molecule has 0 saturated carbocycles. The minimum atomic E-state index is 0.0872. The molecule has 1 N–H and O–H groups in total. The molecule has 2 saturated heterocycles. The van der Waals surface area contributed by atoms with Gasteiger partial charge in [0.05, 0.1) is 0 Å². The van der Waals surface area contributed by atoms with Gasteiger partial charge in [-0.15, -0.1) is 0 Å². The molecule has 3 heterocycles. The standard InChI is InChI=1S/C24H28ClN3O/c25-20-8-9-21-18(13-20)10-12-27-16-19-7-4-11-28(22(19)14-23(21)27)24(29)26-15-17-5-2-1-3-6-17/h1-3,5-6,8-9,13,19,22-23H,4,7,10-12,14-16H2,(H,26,29). The monoisotopic (exact) mass is 409 g/mol. The highest BCUT2D eigenvalue weighted by Gasteiger charge is 2.43. The van der Waals surface area contributed by atoms with E-state index in [4.69, 9.17) is 11.6 Å². The summed E-state index contributed by atoms with van der Waals surface area (Å²) in [6, 6.07) is 17.3. The van der Waals surface area contributed by atoms with Gasteiger partial charge in [-0.3, -0.25) is 4.90 Å². The molecule has 3 unspecified atom stereocenters. The van der Waals surface area contributed by atoms with Crippen molar-refractivity contribution in [2.75, 3.05) is 19.6 Å². The van der Waals surface area contributed by atoms with Gasteiger partial charge in [-0.2, -0.15) is 0 Å². The topological polar surface area (TPSA) is 35.6 Å². The summed E-state index contributed by atoms with van der Waals surface area (Å²) < 4.78 is 0. The second-order valence-corrected chi connectivity index (χ2v) is 9.08. The Labute approximate surface area is 177 Å². The van der Waals surface area contributed by atoms with E-state index in [2.05, 4.69) is 39.4 Å². The number of benzene rings is 2. The van der Waals surface area contributed by atoms with Crippen molar-refractivity contribution < 1.29 is 4.79 Å². The number of carbonyl (C=O) groups is 1. The summed E-state index contributed by atoms with van der Waals surface area (Å²) in [6.07, 6.45) is 4.43. The highest BCUT2D eigenvalue weighted by atomic mass is 35.5. The first-order valence-electron chi connectivity index (χ1n) is 10.8. The SMILES string of the molecule is O=C(NCc1ccccc1)N1CCCC2CN3CCc4cc(Cl)ccc4C3CC21. The number of hydrogen-bond acceptors (Lipinski definition) is 2. The van der Waals surface area contributed by atoms with E-state index in [1.165, 1.54) is 17.5 Å². The first kappa shape index (κ1) is 19.0. The molecule has 3 aliphatic rings. The summed E-state index contributed by atoms with van der Waals surface area (Å²) in [7, 11) is 0. The van der Waals surface area contributed by atoms with Crippen LogP contribution in [0.2, 0.25) is 5.02 Å². The van der Waals surface area contributed by atoms with Gasteiger partial charge in [-0.25, -0.2) is 4.79 Å². The van der Waals surface area contributed by atoms with Crippen LogP contribution in [-0.2, 0) is 13.0 Å². The second-order valence-electron chi connectivity index (χ2n) is 8.65. The lowest BCUT2D eigenvalue weighted by atomic mass is 9.77. The number of likely N-dealkylation sites (tertiary alicyclic amines) is 1. The zero-order chi connectivity index (χ0) is 19.8. The fourth-order valence-corrected chi connectivity index (χ4v) is 5.75. The summed E-state index contributed by atoms with van der Waals surface area (Å²) in [5.41, 5.74) is 3.93. The Morgan fingerprint density at radius 3 is 2.86 bits per heavy atom. The lowest BCUT2D eigenvalue weighted by molar-refractivity contribution is 0.00568. The summed E-state index contributed by atoms with van der Waals surface area (Å²) >= 11 is 6.24. The molecule has 4 nitrogen and oxygen atoms in total. The van der Waals surface area contributed by atoms with E-state index in [1.807, 2.05) is 24.3 Å². The highest BCUT2D eigenvalue weighted by Crippen LogP contribution is 2.43. The van der Waals surface area contributed by atoms with Crippen LogP contribution in [0.4, 0.5) is 4.79 Å². The summed E-state index contributed by atoms with van der Waals surface area (Å²) in [4.78, 5) is 17.8. The third kappa shape index (κ3) is 3.76. The lowest BCUT2D eigenvalue weighted by Crippen LogP contribution is -2.59. The highest BCUT2D eigenvalue weighted by molar-refractivity contribution is 6.30. The molecule has 5 rings (SSSR count). The van der Waals surface area contributed by atoms with Crippen molar-refractivity contribution in [2.45, 2.75) is 44.3 Å². The van der Waals surface area contributed by atoms with Gasteiger partial charge < -0.3 is 10.2 Å². The van der Waals surface area contributed by atoms with Gasteiger partial charge in [0.15, 0.2) is 0 Å². The second kappa shape index (κ2) is 8.00. The fraction of sp³-hybridized carbons (Fsp3) is 0.458. The number of nitrogens with one attached hydrogen (secondary N) is 1. The van der Waals surface area contributed by atoms with Crippen LogP contribution in [0, 0.1) is 5.92 Å². The Bertz CT molecular complexity index is 887. The predicted molar refractivity (Wildman–Crippen MR) is 116 cm³/mol. The van der Waals surface area contributed by atoms with E-state index in [0.29, 0.717) is 24.5 Å². The maximum Gasteiger partial charge on any atom is 0.317 e. The van der Waals surface area contributed by atoms with Crippen LogP contribution in [-0.4, -0.2) is 41.5 Å². The fourth-order valence-electron chi connectivity index (χ4n) is 5.55. The normalized spacial score (nSPS) is 26.2. The quantitative estimate of drug-likeness (QED) is 0.784. The summed E-state index contributed by atoms with van der Waals surface area (Å²) in [5.74, 6) is 0.580. The van der Waals surface area contributed by atoms with E-state index < -0.39 is 0 Å². The molecule has 2 aromatic carbocycles. The number of nitrogens with zero attached hydrogens (tertiary/aromatic N) is 2. The van der Waals surface area contributed by atoms with Gasteiger partial charge in [0.1, 0.15) is 0 Å². The van der Waals surface area contributed by atoms with E-state index in [0.717, 1.165) is 49.5 Å². The van der Waals surface area contributed by atoms with Crippen LogP contribution in [0.15, 0.2) is 48.5 Å². The first-order chi connectivity index (χ1) is 14.2. The van der Waals surface area contributed by atoms with Crippen LogP contribution in [0.3, 0.4) is 0 Å². The molecule has 2 amide bonds. The molecule has 0 aromatic heterocycles. The van der Waals surface area contributed by atoms with Crippen LogP contribution in [0.1, 0.15) is 42.0 Å². The number of rotatable bonds is 2. The van der Waals surface area contributed by atoms with Crippen molar-refractivity contribution in [2.24, 2.45) is 5.92 Å². The molecule has 3 aliphatic heterocycles. The van der Waals surface area contributed by atoms with Crippen LogP contribution >= 0.6 is 11.6 Å². The molecule has 0 aliphatic carbocycles. The first-order valence-corrected chi connectivity index (χ1v) is 11.2. The predicted octanol–water partition coefficient (Wildman–Crippen LogP) is 4.63. The summed E-state index contributed by atoms with van der Waals surface area (Å²) in [6.45, 7) is 3.65. The largest absolute Gasteiger partial charge is 0.334 e. The number of fused-ring (bicyclic) bond motifs is 4. The van der Waals surface area contributed by atoms with E-state index in [1.54, 1.807) is 0 Å². The third-order valence-corrected chi connectivity index (χ3v) is 7.21. The van der Waals surface area contributed by atoms with Crippen molar-refractivity contribution >= 4 is 17.6 Å². The van der Waals surface area contributed by atoms with Crippen LogP contribution in [0.5, 0.6) is 0 Å². The Balaban J connectivity index is 1.33. The smallest absolute Gasteiger partial charge is 0.317 e. The average Bonchev–Trinajstić information content (AvgIpc) is 2.76. The van der Waals surface area contributed by atoms with Crippen LogP contribution < -0.4 is 5.32 Å². The Kier molecular flexibility index (Phi) is 5.23. The molecule has 0 radical (unpaired) electrons. The summed E-state index contributed by atoms with van der Waals surface area (Å²) in [5, 5.41) is 3.98. The van der Waals surface area contributed by atoms with E-state index in [-0.39, 0.29) is 6.03 Å². The maximum atomic E-state index is 13.1. The molecular weight excluding hydrogens is 382 g/mol. The number of halogens is 1. The Morgan fingerprint density at radius 2 is 2.00 bits per heavy atom. The lowest BCUT2D eigenvalue weighted by Gasteiger charge is -2.52. The zero-order valence-corrected chi connectivity index (χ0v) is 17.4. The van der Waals surface area contributed by atoms with Gasteiger partial charge in [0, 0.05) is 43.3 Å². The Morgan fingerprint density at radius 1 is 1.14 bits per heavy atom. The molecule has 29 heavy (non-hydrogen) atoms. The van der Waals surface area contributed by atoms with E-state index >= 15 is 0 Å². The molecule has 2 aromatic rings. The van der Waals surface area contributed by atoms with Crippen molar-refractivity contribution in [3.63, 3.8) is 0 Å². The molecule has 152 valence electrons. The number of hydrogen-bond donors (Lipinski definition) is 1. The van der Waals surface area contributed by atoms with E-state index in [9.17, 15) is 4.79 Å². The molecule has 0 spiro atoms. The molecule has 5 heteroatoms. The number of carbonyl (C=O) groups excluding carboxylic acids is 1. The van der Waals surface area contributed by atoms with Gasteiger partial charge >= 0.3 is 6.03 Å². The van der Waals surface area contributed by atoms with Gasteiger partial charge in [0.2, 0.25) is 0 Å². The molecular formula is C24H28ClN3O. The zero-order valence-electron chi connectivity index (χ0n) is 16.7. The number of urea groups is 1. The van der Waals surface area contributed by atoms with Crippen molar-refractivity contribution in [1.82, 2.24) is 15.1 Å². The Hall–Kier alpha value is -2.04. The number of amides is 2. The minimum Gasteiger partial charge on any atom is -0.334 e. The molecule has 3 atom stereocenters. The maximum absolute atomic E-state index is 13.1. The van der Waals surface area contributed by atoms with Gasteiger partial charge in [-0.05, 0) is 60.4 Å². The van der Waals surface area contributed by atoms with Gasteiger partial charge in [0.25, 0.3) is 0 Å². The van der Waals surface area contributed by atoms with Crippen molar-refractivity contribution in [3.05, 3.63) is 70.2 Å². The molecule has 2 fully saturated rings. The van der Waals surface area contributed by atoms with Crippen LogP contribution in [0.25, 0.3) is 0 Å². The van der Waals surface area contributed by atoms with Crippen molar-refractivity contribution in [3.8, 4) is 0 Å². The van der Waals surface area contributed by atoms with Gasteiger partial charge in [-0.1, -0.05) is 48.0 Å². The number of piperidine rings is 2. The van der Waals surface area contributed by atoms with Crippen molar-refractivity contribution in [1.29, 1.82) is 0 Å². The average molecular weight is 410 g/mol. The molecule has 0 bridgehead atoms. The third-order valence-electron chi connectivity index (χ3n) is 6.97.